The molecule has 40 heavy (non-hydrogen) atoms. The minimum Gasteiger partial charge on any atom is -0.473 e. The predicted octanol–water partition coefficient (Wildman–Crippen LogP) is 4.20. The largest absolute Gasteiger partial charge is 0.473 e. The minimum absolute atomic E-state index is 0.0416. The van der Waals surface area contributed by atoms with E-state index >= 15 is 0 Å². The van der Waals surface area contributed by atoms with Crippen LogP contribution in [0.4, 0.5) is 5.69 Å². The average Bonchev–Trinajstić information content (AvgIpc) is 3.76. The van der Waals surface area contributed by atoms with Gasteiger partial charge in [0.25, 0.3) is 0 Å². The number of anilines is 1. The second-order valence-corrected chi connectivity index (χ2v) is 11.3. The van der Waals surface area contributed by atoms with Crippen LogP contribution in [0.5, 0.6) is 5.88 Å². The number of fused-ring (bicyclic) bond motifs is 4. The first-order valence-electron chi connectivity index (χ1n) is 14.1. The third kappa shape index (κ3) is 3.79. The van der Waals surface area contributed by atoms with Crippen molar-refractivity contribution < 1.29 is 9.26 Å². The number of hydrogen-bond acceptors (Lipinski definition) is 9. The fraction of sp³-hybridized carbons (Fsp3) is 0.433. The molecule has 1 saturated heterocycles. The maximum absolute atomic E-state index is 10.0. The summed E-state index contributed by atoms with van der Waals surface area (Å²) in [7, 11) is 2.14. The highest BCUT2D eigenvalue weighted by Gasteiger charge is 2.49. The Morgan fingerprint density at radius 3 is 2.90 bits per heavy atom. The molecule has 0 amide bonds. The zero-order chi connectivity index (χ0) is 27.4. The quantitative estimate of drug-likeness (QED) is 0.373. The lowest BCUT2D eigenvalue weighted by Crippen LogP contribution is -2.38. The number of nitrogen functional groups attached to an aromatic ring is 1. The van der Waals surface area contributed by atoms with E-state index < -0.39 is 5.41 Å². The van der Waals surface area contributed by atoms with Crippen LogP contribution in [0.2, 0.25) is 0 Å². The Balaban J connectivity index is 1.32. The van der Waals surface area contributed by atoms with Gasteiger partial charge in [0.1, 0.15) is 12.2 Å². The van der Waals surface area contributed by atoms with Crippen molar-refractivity contribution in [2.45, 2.75) is 69.4 Å². The van der Waals surface area contributed by atoms with Crippen LogP contribution in [0.3, 0.4) is 0 Å². The van der Waals surface area contributed by atoms with Crippen molar-refractivity contribution in [1.82, 2.24) is 29.8 Å². The third-order valence-electron chi connectivity index (χ3n) is 9.05. The molecule has 3 atom stereocenters. The highest BCUT2D eigenvalue weighted by Crippen LogP contribution is 2.54. The Kier molecular flexibility index (Phi) is 5.86. The molecule has 10 heteroatoms. The van der Waals surface area contributed by atoms with Gasteiger partial charge in [-0.15, -0.1) is 0 Å². The number of benzene rings is 1. The van der Waals surface area contributed by atoms with E-state index in [2.05, 4.69) is 41.3 Å². The van der Waals surface area contributed by atoms with Crippen LogP contribution < -0.4 is 10.5 Å². The van der Waals surface area contributed by atoms with Crippen LogP contribution in [-0.4, -0.2) is 55.5 Å². The van der Waals surface area contributed by atoms with Crippen LogP contribution in [0.15, 0.2) is 41.2 Å². The molecule has 1 aliphatic heterocycles. The summed E-state index contributed by atoms with van der Waals surface area (Å²) in [6, 6.07) is 10.3. The van der Waals surface area contributed by atoms with Crippen molar-refractivity contribution in [2.75, 3.05) is 19.3 Å². The monoisotopic (exact) mass is 536 g/mol. The number of ether oxygens (including phenoxy) is 1. The zero-order valence-electron chi connectivity index (χ0n) is 22.8. The highest BCUT2D eigenvalue weighted by molar-refractivity contribution is 5.68. The van der Waals surface area contributed by atoms with Crippen molar-refractivity contribution in [3.8, 4) is 29.3 Å². The van der Waals surface area contributed by atoms with Crippen LogP contribution in [0, 0.1) is 11.3 Å². The number of nitrogens with two attached hydrogens (primary N) is 1. The van der Waals surface area contributed by atoms with Gasteiger partial charge < -0.3 is 15.0 Å². The second kappa shape index (κ2) is 9.45. The van der Waals surface area contributed by atoms with Crippen LogP contribution >= 0.6 is 0 Å². The molecule has 10 nitrogen and oxygen atoms in total. The van der Waals surface area contributed by atoms with Gasteiger partial charge in [0.15, 0.2) is 23.1 Å². The van der Waals surface area contributed by atoms with E-state index in [0.29, 0.717) is 40.5 Å². The third-order valence-corrected chi connectivity index (χ3v) is 9.05. The molecule has 1 aromatic carbocycles. The van der Waals surface area contributed by atoms with Crippen LogP contribution in [-0.2, 0) is 18.3 Å². The molecular formula is C30H32N8O2. The molecule has 3 unspecified atom stereocenters. The maximum atomic E-state index is 10.0. The summed E-state index contributed by atoms with van der Waals surface area (Å²) in [4.78, 5) is 12.1. The number of rotatable bonds is 5. The Hall–Kier alpha value is -4.23. The van der Waals surface area contributed by atoms with Gasteiger partial charge in [0.05, 0.1) is 11.0 Å². The lowest BCUT2D eigenvalue weighted by Gasteiger charge is -2.33. The van der Waals surface area contributed by atoms with Gasteiger partial charge >= 0.3 is 0 Å². The molecule has 1 fully saturated rings. The number of hydrogen-bond donors (Lipinski definition) is 1. The summed E-state index contributed by atoms with van der Waals surface area (Å²) in [5.74, 6) is 2.34. The molecule has 2 N–H and O–H groups in total. The molecular weight excluding hydrogens is 504 g/mol. The Morgan fingerprint density at radius 2 is 2.12 bits per heavy atom. The molecule has 0 bridgehead atoms. The Labute approximate surface area is 232 Å². The zero-order valence-corrected chi connectivity index (χ0v) is 22.8. The first-order valence-corrected chi connectivity index (χ1v) is 14.1. The highest BCUT2D eigenvalue weighted by atomic mass is 16.5. The van der Waals surface area contributed by atoms with E-state index in [0.717, 1.165) is 73.9 Å². The van der Waals surface area contributed by atoms with E-state index in [9.17, 15) is 5.26 Å². The lowest BCUT2D eigenvalue weighted by molar-refractivity contribution is 0.117. The standard InChI is InChI=1S/C30H32N8O2/c1-18(23-7-4-14-37(23)2)39-25-16-24(38-15-5-13-33-38)34-29(35-25)27-20-6-3-11-30(28(20)40-36-27)12-10-19-8-9-22(32)21(17-31)26(19)30/h5,8-9,13,15-16,18,23H,3-4,6-7,10-12,14,32H2,1-2H3. The van der Waals surface area contributed by atoms with Gasteiger partial charge in [-0.2, -0.15) is 15.3 Å². The summed E-state index contributed by atoms with van der Waals surface area (Å²) in [6.07, 6.45) is 10.1. The summed E-state index contributed by atoms with van der Waals surface area (Å²) in [5.41, 5.74) is 10.7. The average molecular weight is 537 g/mol. The summed E-state index contributed by atoms with van der Waals surface area (Å²) < 4.78 is 14.3. The SMILES string of the molecule is CC(Oc1cc(-n2cccn2)nc(-c2noc3c2CCCC32CCc3ccc(N)c(C#N)c32)n1)C1CCCN1C. The Bertz CT molecular complexity index is 1620. The summed E-state index contributed by atoms with van der Waals surface area (Å²) in [5, 5.41) is 19.0. The van der Waals surface area contributed by atoms with Crippen LogP contribution in [0.1, 0.15) is 67.0 Å². The predicted molar refractivity (Wildman–Crippen MR) is 148 cm³/mol. The van der Waals surface area contributed by atoms with E-state index in [1.54, 1.807) is 10.9 Å². The van der Waals surface area contributed by atoms with Crippen molar-refractivity contribution >= 4 is 5.69 Å². The Morgan fingerprint density at radius 1 is 1.23 bits per heavy atom. The summed E-state index contributed by atoms with van der Waals surface area (Å²) in [6.45, 7) is 3.17. The number of likely N-dealkylation sites (N-methyl/N-ethyl adjacent to an activating group) is 1. The van der Waals surface area contributed by atoms with Crippen molar-refractivity contribution in [3.63, 3.8) is 0 Å². The number of aromatic nitrogens is 5. The van der Waals surface area contributed by atoms with E-state index in [1.165, 1.54) is 0 Å². The van der Waals surface area contributed by atoms with Gasteiger partial charge in [0, 0.05) is 35.8 Å². The first-order chi connectivity index (χ1) is 19.5. The van der Waals surface area contributed by atoms with E-state index in [4.69, 9.17) is 25.0 Å². The lowest BCUT2D eigenvalue weighted by atomic mass is 9.68. The molecule has 7 rings (SSSR count). The molecule has 204 valence electrons. The molecule has 2 aliphatic carbocycles. The van der Waals surface area contributed by atoms with Gasteiger partial charge in [-0.1, -0.05) is 11.2 Å². The number of nitrogens with zero attached hydrogens (tertiary/aromatic N) is 7. The smallest absolute Gasteiger partial charge is 0.219 e. The molecule has 4 aromatic rings. The fourth-order valence-electron chi connectivity index (χ4n) is 7.16. The topological polar surface area (TPSA) is 132 Å². The van der Waals surface area contributed by atoms with Gasteiger partial charge in [-0.3, -0.25) is 4.90 Å². The van der Waals surface area contributed by atoms with Crippen molar-refractivity contribution in [3.05, 3.63) is 64.7 Å². The number of aryl methyl sites for hydroxylation is 1. The van der Waals surface area contributed by atoms with E-state index in [-0.39, 0.29) is 6.10 Å². The van der Waals surface area contributed by atoms with Crippen LogP contribution in [0.25, 0.3) is 17.3 Å². The van der Waals surface area contributed by atoms with Gasteiger partial charge in [-0.05, 0) is 88.7 Å². The van der Waals surface area contributed by atoms with Crippen molar-refractivity contribution in [2.24, 2.45) is 0 Å². The minimum atomic E-state index is -0.422. The molecule has 4 heterocycles. The molecule has 3 aromatic heterocycles. The van der Waals surface area contributed by atoms with Gasteiger partial charge in [0.2, 0.25) is 5.88 Å². The normalized spacial score (nSPS) is 22.7. The fourth-order valence-corrected chi connectivity index (χ4v) is 7.16. The number of nitriles is 1. The number of likely N-dealkylation sites (tertiary alicyclic amines) is 1. The second-order valence-electron chi connectivity index (χ2n) is 11.3. The van der Waals surface area contributed by atoms with Crippen molar-refractivity contribution in [1.29, 1.82) is 5.26 Å². The maximum Gasteiger partial charge on any atom is 0.219 e. The van der Waals surface area contributed by atoms with Gasteiger partial charge in [-0.25, -0.2) is 9.67 Å². The summed E-state index contributed by atoms with van der Waals surface area (Å²) >= 11 is 0. The van der Waals surface area contributed by atoms with E-state index in [1.807, 2.05) is 24.4 Å². The molecule has 0 saturated carbocycles. The molecule has 1 spiro atoms. The molecule has 3 aliphatic rings. The first kappa shape index (κ1) is 24.8. The molecule has 0 radical (unpaired) electrons.